The number of nitrogens with zero attached hydrogens (tertiary/aromatic N) is 1. The molecule has 3 unspecified atom stereocenters. The average Bonchev–Trinajstić information content (AvgIpc) is 3.40. The fraction of sp³-hybridized carbons (Fsp3) is 0.714. The zero-order valence-electron chi connectivity index (χ0n) is 18.3. The molecule has 174 valence electrons. The van der Waals surface area contributed by atoms with Crippen LogP contribution in [-0.4, -0.2) is 63.1 Å². The Labute approximate surface area is 194 Å². The standard InChI is InChI=1S/C21H31BrNO6PS/c1-13(2)19-17-6-5-11-23(17)30(28-19)29-20-14(3)21(27-18(20)12-26-4)31(24,25)16-9-7-15(22)8-10-16/h7-10,13-14,17-21H,5-6,11-12H2,1-4H3/t14-,17-,18+,19?,20?,21-,30?/m0/s1. The molecule has 1 aromatic rings. The van der Waals surface area contributed by atoms with E-state index in [2.05, 4.69) is 34.4 Å². The van der Waals surface area contributed by atoms with E-state index < -0.39 is 36.0 Å². The van der Waals surface area contributed by atoms with Crippen LogP contribution in [0.15, 0.2) is 33.6 Å². The van der Waals surface area contributed by atoms with Gasteiger partial charge in [-0.05, 0) is 43.0 Å². The largest absolute Gasteiger partial charge is 0.382 e. The molecule has 1 aromatic carbocycles. The summed E-state index contributed by atoms with van der Waals surface area (Å²) in [5.74, 6) is 0.0401. The molecule has 0 saturated carbocycles. The Bertz CT molecular complexity index is 869. The highest BCUT2D eigenvalue weighted by Crippen LogP contribution is 2.59. The SMILES string of the molecule is COC[C@H]1O[C@@H](S(=O)(=O)c2ccc(Br)cc2)[C@@H](C)C1OP1OC(C(C)C)[C@@H]2CCCN21. The molecule has 3 aliphatic rings. The van der Waals surface area contributed by atoms with Gasteiger partial charge in [0.1, 0.15) is 12.2 Å². The Morgan fingerprint density at radius 1 is 1.29 bits per heavy atom. The molecule has 4 rings (SSSR count). The van der Waals surface area contributed by atoms with Crippen LogP contribution in [-0.2, 0) is 28.4 Å². The fourth-order valence-electron chi connectivity index (χ4n) is 4.75. The zero-order chi connectivity index (χ0) is 22.3. The first-order valence-electron chi connectivity index (χ1n) is 10.8. The minimum atomic E-state index is -3.69. The van der Waals surface area contributed by atoms with Crippen LogP contribution in [0.1, 0.15) is 33.6 Å². The third-order valence-electron chi connectivity index (χ3n) is 6.34. The van der Waals surface area contributed by atoms with Crippen molar-refractivity contribution in [3.8, 4) is 0 Å². The molecule has 0 amide bonds. The van der Waals surface area contributed by atoms with Gasteiger partial charge in [-0.3, -0.25) is 0 Å². The summed E-state index contributed by atoms with van der Waals surface area (Å²) in [5, 5.41) is 0. The fourth-order valence-corrected chi connectivity index (χ4v) is 9.02. The summed E-state index contributed by atoms with van der Waals surface area (Å²) in [7, 11) is -3.35. The van der Waals surface area contributed by atoms with Crippen molar-refractivity contribution in [1.29, 1.82) is 0 Å². The summed E-state index contributed by atoms with van der Waals surface area (Å²) in [6, 6.07) is 7.03. The summed E-state index contributed by atoms with van der Waals surface area (Å²) in [6.45, 7) is 7.46. The molecule has 3 heterocycles. The lowest BCUT2D eigenvalue weighted by Crippen LogP contribution is -2.34. The molecule has 0 radical (unpaired) electrons. The van der Waals surface area contributed by atoms with Crippen molar-refractivity contribution < 1.29 is 26.9 Å². The molecule has 0 aromatic heterocycles. The number of fused-ring (bicyclic) bond motifs is 1. The first-order valence-corrected chi connectivity index (χ1v) is 14.2. The molecule has 0 N–H and O–H groups in total. The molecule has 7 atom stereocenters. The zero-order valence-corrected chi connectivity index (χ0v) is 21.6. The number of halogens is 1. The van der Waals surface area contributed by atoms with Crippen LogP contribution >= 0.6 is 24.5 Å². The van der Waals surface area contributed by atoms with E-state index in [1.54, 1.807) is 31.4 Å². The molecular weight excluding hydrogens is 505 g/mol. The van der Waals surface area contributed by atoms with Crippen molar-refractivity contribution in [3.05, 3.63) is 28.7 Å². The normalized spacial score (nSPS) is 36.4. The number of hydrogen-bond acceptors (Lipinski definition) is 7. The Kier molecular flexibility index (Phi) is 7.46. The van der Waals surface area contributed by atoms with Gasteiger partial charge >= 0.3 is 0 Å². The number of hydrogen-bond donors (Lipinski definition) is 0. The van der Waals surface area contributed by atoms with Gasteiger partial charge in [0.05, 0.1) is 17.6 Å². The number of benzene rings is 1. The van der Waals surface area contributed by atoms with Gasteiger partial charge in [-0.2, -0.15) is 0 Å². The maximum Gasteiger partial charge on any atom is 0.259 e. The molecule has 3 saturated heterocycles. The van der Waals surface area contributed by atoms with Crippen molar-refractivity contribution in [1.82, 2.24) is 4.67 Å². The van der Waals surface area contributed by atoms with Crippen molar-refractivity contribution >= 4 is 34.3 Å². The first kappa shape index (κ1) is 24.0. The van der Waals surface area contributed by atoms with Crippen LogP contribution in [0.5, 0.6) is 0 Å². The Morgan fingerprint density at radius 2 is 2.00 bits per heavy atom. The van der Waals surface area contributed by atoms with E-state index in [0.717, 1.165) is 23.9 Å². The van der Waals surface area contributed by atoms with E-state index in [1.165, 1.54) is 0 Å². The maximum absolute atomic E-state index is 13.3. The number of ether oxygens (including phenoxy) is 2. The van der Waals surface area contributed by atoms with E-state index in [-0.39, 0.29) is 23.5 Å². The molecule has 0 aliphatic carbocycles. The van der Waals surface area contributed by atoms with Crippen LogP contribution < -0.4 is 0 Å². The van der Waals surface area contributed by atoms with Crippen LogP contribution in [0.4, 0.5) is 0 Å². The van der Waals surface area contributed by atoms with Gasteiger partial charge in [-0.15, -0.1) is 0 Å². The Balaban J connectivity index is 1.55. The Hall–Kier alpha value is -0.120. The summed E-state index contributed by atoms with van der Waals surface area (Å²) < 4.78 is 54.1. The summed E-state index contributed by atoms with van der Waals surface area (Å²) in [4.78, 5) is 0.242. The number of rotatable bonds is 7. The maximum atomic E-state index is 13.3. The number of methoxy groups -OCH3 is 1. The van der Waals surface area contributed by atoms with Crippen molar-refractivity contribution in [3.63, 3.8) is 0 Å². The molecule has 0 spiro atoms. The van der Waals surface area contributed by atoms with Crippen LogP contribution in [0, 0.1) is 11.8 Å². The van der Waals surface area contributed by atoms with E-state index in [0.29, 0.717) is 12.0 Å². The average molecular weight is 536 g/mol. The molecule has 7 nitrogen and oxygen atoms in total. The minimum absolute atomic E-state index is 0.148. The lowest BCUT2D eigenvalue weighted by atomic mass is 9.99. The van der Waals surface area contributed by atoms with Gasteiger partial charge in [0, 0.05) is 30.1 Å². The molecule has 0 bridgehead atoms. The predicted octanol–water partition coefficient (Wildman–Crippen LogP) is 4.36. The molecule has 3 fully saturated rings. The summed E-state index contributed by atoms with van der Waals surface area (Å²) in [5.41, 5.74) is -0.994. The summed E-state index contributed by atoms with van der Waals surface area (Å²) >= 11 is 3.35. The molecule has 31 heavy (non-hydrogen) atoms. The van der Waals surface area contributed by atoms with Gasteiger partial charge in [0.2, 0.25) is 9.84 Å². The lowest BCUT2D eigenvalue weighted by molar-refractivity contribution is -0.0130. The highest BCUT2D eigenvalue weighted by Gasteiger charge is 2.54. The second-order valence-electron chi connectivity index (χ2n) is 8.85. The minimum Gasteiger partial charge on any atom is -0.382 e. The van der Waals surface area contributed by atoms with E-state index >= 15 is 0 Å². The third-order valence-corrected chi connectivity index (χ3v) is 10.7. The van der Waals surface area contributed by atoms with Gasteiger partial charge in [0.25, 0.3) is 8.53 Å². The van der Waals surface area contributed by atoms with Crippen molar-refractivity contribution in [2.24, 2.45) is 11.8 Å². The van der Waals surface area contributed by atoms with Crippen molar-refractivity contribution in [2.45, 2.75) is 68.3 Å². The summed E-state index contributed by atoms with van der Waals surface area (Å²) in [6.07, 6.45) is 1.51. The monoisotopic (exact) mass is 535 g/mol. The third kappa shape index (κ3) is 4.62. The second kappa shape index (κ2) is 9.63. The Morgan fingerprint density at radius 3 is 2.65 bits per heavy atom. The molecule has 10 heteroatoms. The second-order valence-corrected chi connectivity index (χ2v) is 13.2. The van der Waals surface area contributed by atoms with E-state index in [4.69, 9.17) is 18.5 Å². The van der Waals surface area contributed by atoms with Crippen molar-refractivity contribution in [2.75, 3.05) is 20.3 Å². The predicted molar refractivity (Wildman–Crippen MR) is 122 cm³/mol. The quantitative estimate of drug-likeness (QED) is 0.480. The van der Waals surface area contributed by atoms with Gasteiger partial charge in [0.15, 0.2) is 5.44 Å². The highest BCUT2D eigenvalue weighted by molar-refractivity contribution is 9.10. The molecule has 3 aliphatic heterocycles. The number of sulfone groups is 1. The lowest BCUT2D eigenvalue weighted by Gasteiger charge is -2.27. The van der Waals surface area contributed by atoms with Gasteiger partial charge in [-0.1, -0.05) is 36.7 Å². The molecular formula is C21H31BrNO6PS. The van der Waals surface area contributed by atoms with Crippen LogP contribution in [0.2, 0.25) is 0 Å². The van der Waals surface area contributed by atoms with E-state index in [1.807, 2.05) is 6.92 Å². The topological polar surface area (TPSA) is 74.3 Å². The first-order chi connectivity index (χ1) is 14.7. The van der Waals surface area contributed by atoms with E-state index in [9.17, 15) is 8.42 Å². The highest BCUT2D eigenvalue weighted by atomic mass is 79.9. The van der Waals surface area contributed by atoms with Gasteiger partial charge in [-0.25, -0.2) is 13.1 Å². The van der Waals surface area contributed by atoms with Gasteiger partial charge < -0.3 is 18.5 Å². The smallest absolute Gasteiger partial charge is 0.259 e. The van der Waals surface area contributed by atoms with Crippen LogP contribution in [0.3, 0.4) is 0 Å². The van der Waals surface area contributed by atoms with Crippen LogP contribution in [0.25, 0.3) is 0 Å².